The van der Waals surface area contributed by atoms with E-state index in [0.717, 1.165) is 37.1 Å². The monoisotopic (exact) mass is 408 g/mol. The smallest absolute Gasteiger partial charge is 0.258 e. The number of rotatable bonds is 4. The Bertz CT molecular complexity index is 1000. The quantitative estimate of drug-likeness (QED) is 0.833. The van der Waals surface area contributed by atoms with Crippen LogP contribution in [-0.4, -0.2) is 31.7 Å². The minimum atomic E-state index is -3.82. The lowest BCUT2D eigenvalue weighted by Gasteiger charge is -2.29. The van der Waals surface area contributed by atoms with E-state index in [1.807, 2.05) is 0 Å². The van der Waals surface area contributed by atoms with Gasteiger partial charge in [-0.05, 0) is 61.6 Å². The van der Waals surface area contributed by atoms with Crippen molar-refractivity contribution in [1.29, 1.82) is 0 Å². The minimum Gasteiger partial charge on any atom is -0.322 e. The Morgan fingerprint density at radius 2 is 1.75 bits per heavy atom. The lowest BCUT2D eigenvalue weighted by Crippen LogP contribution is -2.38. The summed E-state index contributed by atoms with van der Waals surface area (Å²) in [4.78, 5) is 12.3. The number of benzene rings is 2. The third-order valence-electron chi connectivity index (χ3n) is 4.99. The molecular formula is C20H22F2N2O3S. The lowest BCUT2D eigenvalue weighted by molar-refractivity contribution is 0.102. The molecule has 1 amide bonds. The van der Waals surface area contributed by atoms with Gasteiger partial charge in [-0.15, -0.1) is 0 Å². The highest BCUT2D eigenvalue weighted by Gasteiger charge is 2.29. The largest absolute Gasteiger partial charge is 0.322 e. The first-order valence-electron chi connectivity index (χ1n) is 9.05. The molecule has 0 radical (unpaired) electrons. The first-order chi connectivity index (χ1) is 13.2. The molecule has 1 aliphatic heterocycles. The molecule has 5 nitrogen and oxygen atoms in total. The molecule has 1 N–H and O–H groups in total. The van der Waals surface area contributed by atoms with Crippen LogP contribution >= 0.6 is 0 Å². The molecule has 1 heterocycles. The van der Waals surface area contributed by atoms with Crippen LogP contribution in [0.4, 0.5) is 14.5 Å². The Morgan fingerprint density at radius 1 is 1.07 bits per heavy atom. The number of anilines is 1. The van der Waals surface area contributed by atoms with Crippen LogP contribution in [0, 0.1) is 24.5 Å². The number of carbonyl (C=O) groups excluding carboxylic acids is 1. The molecular weight excluding hydrogens is 386 g/mol. The van der Waals surface area contributed by atoms with Gasteiger partial charge in [0.1, 0.15) is 11.6 Å². The van der Waals surface area contributed by atoms with Gasteiger partial charge in [-0.3, -0.25) is 4.79 Å². The van der Waals surface area contributed by atoms with Gasteiger partial charge in [0.15, 0.2) is 0 Å². The summed E-state index contributed by atoms with van der Waals surface area (Å²) in [6.45, 7) is 4.44. The first-order valence-corrected chi connectivity index (χ1v) is 10.5. The SMILES string of the molecule is Cc1ccc(NC(=O)c2cc(S(=O)(=O)N3CCC(C)CC3)ccc2F)cc1F. The van der Waals surface area contributed by atoms with Gasteiger partial charge >= 0.3 is 0 Å². The van der Waals surface area contributed by atoms with Crippen molar-refractivity contribution in [2.24, 2.45) is 5.92 Å². The molecule has 2 aromatic rings. The molecule has 1 fully saturated rings. The molecule has 1 aliphatic rings. The fraction of sp³-hybridized carbons (Fsp3) is 0.350. The number of halogens is 2. The van der Waals surface area contributed by atoms with E-state index in [-0.39, 0.29) is 10.6 Å². The summed E-state index contributed by atoms with van der Waals surface area (Å²) in [5, 5.41) is 2.40. The van der Waals surface area contributed by atoms with Gasteiger partial charge in [0.2, 0.25) is 10.0 Å². The summed E-state index contributed by atoms with van der Waals surface area (Å²) in [6, 6.07) is 7.25. The Hall–Kier alpha value is -2.32. The summed E-state index contributed by atoms with van der Waals surface area (Å²) >= 11 is 0. The Labute approximate surface area is 163 Å². The van der Waals surface area contributed by atoms with Gasteiger partial charge in [-0.2, -0.15) is 4.31 Å². The maximum Gasteiger partial charge on any atom is 0.258 e. The van der Waals surface area contributed by atoms with E-state index in [9.17, 15) is 22.0 Å². The number of piperidine rings is 1. The zero-order valence-electron chi connectivity index (χ0n) is 15.7. The third kappa shape index (κ3) is 4.23. The second kappa shape index (κ2) is 7.97. The molecule has 28 heavy (non-hydrogen) atoms. The van der Waals surface area contributed by atoms with E-state index in [2.05, 4.69) is 12.2 Å². The third-order valence-corrected chi connectivity index (χ3v) is 6.89. The van der Waals surface area contributed by atoms with Crippen molar-refractivity contribution < 1.29 is 22.0 Å². The van der Waals surface area contributed by atoms with Gasteiger partial charge in [0.05, 0.1) is 10.5 Å². The predicted octanol–water partition coefficient (Wildman–Crippen LogP) is 3.95. The number of amides is 1. The van der Waals surface area contributed by atoms with Crippen molar-refractivity contribution in [1.82, 2.24) is 4.31 Å². The average molecular weight is 408 g/mol. The average Bonchev–Trinajstić information content (AvgIpc) is 2.65. The van der Waals surface area contributed by atoms with Crippen molar-refractivity contribution in [3.05, 3.63) is 59.2 Å². The highest BCUT2D eigenvalue weighted by Crippen LogP contribution is 2.25. The van der Waals surface area contributed by atoms with E-state index < -0.39 is 33.1 Å². The number of nitrogens with zero attached hydrogens (tertiary/aromatic N) is 1. The van der Waals surface area contributed by atoms with Crippen molar-refractivity contribution in [3.63, 3.8) is 0 Å². The van der Waals surface area contributed by atoms with Gasteiger partial charge in [0.25, 0.3) is 5.91 Å². The second-order valence-electron chi connectivity index (χ2n) is 7.15. The highest BCUT2D eigenvalue weighted by atomic mass is 32.2. The van der Waals surface area contributed by atoms with E-state index >= 15 is 0 Å². The molecule has 0 aliphatic carbocycles. The molecule has 2 aromatic carbocycles. The Balaban J connectivity index is 1.86. The van der Waals surface area contributed by atoms with Crippen molar-refractivity contribution in [3.8, 4) is 0 Å². The first kappa shape index (κ1) is 20.4. The molecule has 0 aromatic heterocycles. The topological polar surface area (TPSA) is 66.5 Å². The van der Waals surface area contributed by atoms with Gasteiger partial charge < -0.3 is 5.32 Å². The lowest BCUT2D eigenvalue weighted by atomic mass is 10.0. The van der Waals surface area contributed by atoms with E-state index in [0.29, 0.717) is 24.6 Å². The Morgan fingerprint density at radius 3 is 2.39 bits per heavy atom. The zero-order valence-corrected chi connectivity index (χ0v) is 16.5. The summed E-state index contributed by atoms with van der Waals surface area (Å²) < 4.78 is 54.9. The Kier molecular flexibility index (Phi) is 5.81. The normalized spacial score (nSPS) is 16.1. The van der Waals surface area contributed by atoms with Crippen molar-refractivity contribution >= 4 is 21.6 Å². The molecule has 1 saturated heterocycles. The summed E-state index contributed by atoms with van der Waals surface area (Å²) in [6.07, 6.45) is 1.51. The molecule has 0 unspecified atom stereocenters. The van der Waals surface area contributed by atoms with Crippen LogP contribution in [0.25, 0.3) is 0 Å². The van der Waals surface area contributed by atoms with Crippen LogP contribution in [0.3, 0.4) is 0 Å². The zero-order chi connectivity index (χ0) is 20.5. The summed E-state index contributed by atoms with van der Waals surface area (Å²) in [5.74, 6) is -1.74. The second-order valence-corrected chi connectivity index (χ2v) is 9.08. The van der Waals surface area contributed by atoms with Crippen LogP contribution in [0.15, 0.2) is 41.3 Å². The number of sulfonamides is 1. The highest BCUT2D eigenvalue weighted by molar-refractivity contribution is 7.89. The van der Waals surface area contributed by atoms with Crippen LogP contribution in [0.2, 0.25) is 0 Å². The van der Waals surface area contributed by atoms with Crippen LogP contribution in [0.1, 0.15) is 35.7 Å². The van der Waals surface area contributed by atoms with E-state index in [1.165, 1.54) is 16.4 Å². The molecule has 8 heteroatoms. The molecule has 0 saturated carbocycles. The number of carbonyl (C=O) groups is 1. The fourth-order valence-corrected chi connectivity index (χ4v) is 4.58. The predicted molar refractivity (Wildman–Crippen MR) is 103 cm³/mol. The molecule has 0 bridgehead atoms. The maximum absolute atomic E-state index is 14.2. The number of hydrogen-bond acceptors (Lipinski definition) is 3. The minimum absolute atomic E-state index is 0.135. The molecule has 3 rings (SSSR count). The number of aryl methyl sites for hydroxylation is 1. The summed E-state index contributed by atoms with van der Waals surface area (Å²) in [5.41, 5.74) is 0.159. The number of nitrogens with one attached hydrogen (secondary N) is 1. The molecule has 0 atom stereocenters. The number of hydrogen-bond donors (Lipinski definition) is 1. The van der Waals surface area contributed by atoms with Gasteiger partial charge in [0, 0.05) is 18.8 Å². The molecule has 150 valence electrons. The van der Waals surface area contributed by atoms with E-state index in [4.69, 9.17) is 0 Å². The summed E-state index contributed by atoms with van der Waals surface area (Å²) in [7, 11) is -3.82. The standard InChI is InChI=1S/C20H22F2N2O3S/c1-13-7-9-24(10-8-13)28(26,27)16-5-6-18(21)17(12-16)20(25)23-15-4-3-14(2)19(22)11-15/h3-6,11-13H,7-10H2,1-2H3,(H,23,25). The van der Waals surface area contributed by atoms with Crippen LogP contribution in [-0.2, 0) is 10.0 Å². The van der Waals surface area contributed by atoms with Crippen molar-refractivity contribution in [2.75, 3.05) is 18.4 Å². The van der Waals surface area contributed by atoms with Crippen LogP contribution in [0.5, 0.6) is 0 Å². The molecule has 0 spiro atoms. The van der Waals surface area contributed by atoms with Gasteiger partial charge in [-0.1, -0.05) is 13.0 Å². The fourth-order valence-electron chi connectivity index (χ4n) is 3.08. The van der Waals surface area contributed by atoms with Crippen LogP contribution < -0.4 is 5.32 Å². The van der Waals surface area contributed by atoms with Crippen molar-refractivity contribution in [2.45, 2.75) is 31.6 Å². The van der Waals surface area contributed by atoms with Gasteiger partial charge in [-0.25, -0.2) is 17.2 Å². The van der Waals surface area contributed by atoms with E-state index in [1.54, 1.807) is 6.92 Å². The maximum atomic E-state index is 14.2.